The number of fused-ring (bicyclic) bond motifs is 1. The number of benzene rings is 3. The first-order valence-electron chi connectivity index (χ1n) is 11.9. The lowest BCUT2D eigenvalue weighted by Gasteiger charge is -2.31. The van der Waals surface area contributed by atoms with E-state index in [0.29, 0.717) is 16.9 Å². The monoisotopic (exact) mass is 506 g/mol. The van der Waals surface area contributed by atoms with Crippen LogP contribution in [0, 0.1) is 0 Å². The Bertz CT molecular complexity index is 1410. The highest BCUT2D eigenvalue weighted by Gasteiger charge is 2.34. The zero-order valence-electron chi connectivity index (χ0n) is 19.9. The molecule has 3 aromatic carbocycles. The number of alkyl halides is 3. The molecule has 2 heterocycles. The van der Waals surface area contributed by atoms with E-state index in [4.69, 9.17) is 4.74 Å². The number of amides is 1. The average Bonchev–Trinajstić information content (AvgIpc) is 2.92. The Morgan fingerprint density at radius 3 is 2.57 bits per heavy atom. The first kappa shape index (κ1) is 24.6. The van der Waals surface area contributed by atoms with Crippen molar-refractivity contribution in [3.8, 4) is 5.75 Å². The van der Waals surface area contributed by atoms with Crippen LogP contribution in [0.4, 0.5) is 24.5 Å². The van der Waals surface area contributed by atoms with Crippen LogP contribution < -0.4 is 20.3 Å². The zero-order valence-corrected chi connectivity index (χ0v) is 19.9. The topological polar surface area (TPSA) is 66.5 Å². The summed E-state index contributed by atoms with van der Waals surface area (Å²) in [5.41, 5.74) is 1.57. The van der Waals surface area contributed by atoms with Gasteiger partial charge in [0, 0.05) is 37.8 Å². The number of carbonyl (C=O) groups excluding carboxylic acids is 1. The normalized spacial score (nSPS) is 14.0. The molecule has 190 valence electrons. The molecule has 6 nitrogen and oxygen atoms in total. The second kappa shape index (κ2) is 10.5. The lowest BCUT2D eigenvalue weighted by atomic mass is 10.1. The highest BCUT2D eigenvalue weighted by atomic mass is 19.4. The molecule has 1 aliphatic heterocycles. The molecule has 0 saturated carbocycles. The standard InChI is InChI=1S/C28H25F3N4O2/c29-28(30,31)22-7-3-4-8-25(22)37-18-19-9-10-23(24(17-19)35-15-13-32-14-16-35)34-27(36)26-21-6-2-1-5-20(21)11-12-33-26/h1-12,17,32H,13-16,18H2,(H,34,36). The van der Waals surface area contributed by atoms with Crippen LogP contribution in [-0.2, 0) is 12.8 Å². The summed E-state index contributed by atoms with van der Waals surface area (Å²) in [6.45, 7) is 2.94. The Balaban J connectivity index is 1.42. The second-order valence-electron chi connectivity index (χ2n) is 8.71. The van der Waals surface area contributed by atoms with Gasteiger partial charge in [0.2, 0.25) is 0 Å². The van der Waals surface area contributed by atoms with Gasteiger partial charge in [-0.3, -0.25) is 9.78 Å². The summed E-state index contributed by atoms with van der Waals surface area (Å²) in [4.78, 5) is 19.7. The van der Waals surface area contributed by atoms with Crippen LogP contribution in [0.15, 0.2) is 79.0 Å². The Hall–Kier alpha value is -4.11. The molecule has 1 fully saturated rings. The van der Waals surface area contributed by atoms with E-state index < -0.39 is 11.7 Å². The Kier molecular flexibility index (Phi) is 6.96. The van der Waals surface area contributed by atoms with E-state index in [2.05, 4.69) is 20.5 Å². The van der Waals surface area contributed by atoms with E-state index in [1.54, 1.807) is 18.3 Å². The molecule has 0 atom stereocenters. The van der Waals surface area contributed by atoms with Crippen molar-refractivity contribution in [2.45, 2.75) is 12.8 Å². The molecule has 37 heavy (non-hydrogen) atoms. The van der Waals surface area contributed by atoms with Gasteiger partial charge in [0.15, 0.2) is 0 Å². The molecule has 0 aliphatic carbocycles. The molecular formula is C28H25F3N4O2. The van der Waals surface area contributed by atoms with Crippen LogP contribution in [0.5, 0.6) is 5.75 Å². The molecule has 0 radical (unpaired) electrons. The van der Waals surface area contributed by atoms with Crippen molar-refractivity contribution < 1.29 is 22.7 Å². The van der Waals surface area contributed by atoms with Crippen molar-refractivity contribution >= 4 is 28.1 Å². The predicted octanol–water partition coefficient (Wildman–Crippen LogP) is 5.49. The van der Waals surface area contributed by atoms with Gasteiger partial charge in [-0.05, 0) is 41.3 Å². The molecule has 4 aromatic rings. The molecule has 0 spiro atoms. The Labute approximate surface area is 212 Å². The van der Waals surface area contributed by atoms with E-state index in [1.165, 1.54) is 18.2 Å². The van der Waals surface area contributed by atoms with Crippen molar-refractivity contribution in [1.29, 1.82) is 0 Å². The van der Waals surface area contributed by atoms with E-state index in [1.807, 2.05) is 36.4 Å². The van der Waals surface area contributed by atoms with Crippen LogP contribution in [0.2, 0.25) is 0 Å². The first-order valence-corrected chi connectivity index (χ1v) is 11.9. The number of aromatic nitrogens is 1. The quantitative estimate of drug-likeness (QED) is 0.362. The molecule has 1 saturated heterocycles. The number of carbonyl (C=O) groups is 1. The van der Waals surface area contributed by atoms with Gasteiger partial charge in [-0.2, -0.15) is 13.2 Å². The smallest absolute Gasteiger partial charge is 0.419 e. The lowest BCUT2D eigenvalue weighted by Crippen LogP contribution is -2.43. The summed E-state index contributed by atoms with van der Waals surface area (Å²) in [5.74, 6) is -0.561. The van der Waals surface area contributed by atoms with E-state index in [-0.39, 0.29) is 18.3 Å². The van der Waals surface area contributed by atoms with Crippen molar-refractivity contribution in [1.82, 2.24) is 10.3 Å². The summed E-state index contributed by atoms with van der Waals surface area (Å²) in [5, 5.41) is 7.96. The maximum atomic E-state index is 13.4. The fourth-order valence-electron chi connectivity index (χ4n) is 4.41. The van der Waals surface area contributed by atoms with Crippen molar-refractivity contribution in [2.24, 2.45) is 0 Å². The molecule has 0 bridgehead atoms. The molecule has 1 aromatic heterocycles. The number of halogens is 3. The molecule has 1 amide bonds. The SMILES string of the molecule is O=C(Nc1ccc(COc2ccccc2C(F)(F)F)cc1N1CCNCC1)c1nccc2ccccc12. The summed E-state index contributed by atoms with van der Waals surface area (Å²) in [6.07, 6.45) is -2.90. The van der Waals surface area contributed by atoms with Crippen LogP contribution in [0.3, 0.4) is 0 Å². The second-order valence-corrected chi connectivity index (χ2v) is 8.71. The van der Waals surface area contributed by atoms with E-state index in [9.17, 15) is 18.0 Å². The number of nitrogens with zero attached hydrogens (tertiary/aromatic N) is 2. The highest BCUT2D eigenvalue weighted by Crippen LogP contribution is 2.36. The number of para-hydroxylation sites is 1. The molecule has 9 heteroatoms. The number of rotatable bonds is 6. The van der Waals surface area contributed by atoms with E-state index >= 15 is 0 Å². The Morgan fingerprint density at radius 1 is 1.00 bits per heavy atom. The van der Waals surface area contributed by atoms with E-state index in [0.717, 1.165) is 48.7 Å². The van der Waals surface area contributed by atoms with Gasteiger partial charge in [0.05, 0.1) is 16.9 Å². The Morgan fingerprint density at radius 2 is 1.76 bits per heavy atom. The maximum Gasteiger partial charge on any atom is 0.419 e. The minimum atomic E-state index is -4.51. The van der Waals surface area contributed by atoms with Crippen LogP contribution >= 0.6 is 0 Å². The van der Waals surface area contributed by atoms with Gasteiger partial charge >= 0.3 is 6.18 Å². The summed E-state index contributed by atoms with van der Waals surface area (Å²) in [6, 6.07) is 19.9. The number of piperazine rings is 1. The minimum Gasteiger partial charge on any atom is -0.488 e. The number of pyridine rings is 1. The van der Waals surface area contributed by atoms with Gasteiger partial charge in [-0.1, -0.05) is 42.5 Å². The van der Waals surface area contributed by atoms with Gasteiger partial charge in [0.1, 0.15) is 18.1 Å². The molecule has 0 unspecified atom stereocenters. The van der Waals surface area contributed by atoms with Gasteiger partial charge in [0.25, 0.3) is 5.91 Å². The van der Waals surface area contributed by atoms with Gasteiger partial charge in [-0.25, -0.2) is 0 Å². The molecule has 2 N–H and O–H groups in total. The largest absolute Gasteiger partial charge is 0.488 e. The van der Waals surface area contributed by atoms with Crippen molar-refractivity contribution in [2.75, 3.05) is 36.4 Å². The number of ether oxygens (including phenoxy) is 1. The van der Waals surface area contributed by atoms with Crippen LogP contribution in [-0.4, -0.2) is 37.1 Å². The zero-order chi connectivity index (χ0) is 25.8. The molecule has 5 rings (SSSR count). The van der Waals surface area contributed by atoms with Gasteiger partial charge in [-0.15, -0.1) is 0 Å². The first-order chi connectivity index (χ1) is 17.9. The van der Waals surface area contributed by atoms with Crippen LogP contribution in [0.1, 0.15) is 21.6 Å². The fraction of sp³-hybridized carbons (Fsp3) is 0.214. The number of hydrogen-bond acceptors (Lipinski definition) is 5. The molecule has 1 aliphatic rings. The van der Waals surface area contributed by atoms with Gasteiger partial charge < -0.3 is 20.3 Å². The third kappa shape index (κ3) is 5.51. The third-order valence-corrected chi connectivity index (χ3v) is 6.24. The average molecular weight is 507 g/mol. The maximum absolute atomic E-state index is 13.4. The lowest BCUT2D eigenvalue weighted by molar-refractivity contribution is -0.139. The molecular weight excluding hydrogens is 481 g/mol. The summed E-state index contributed by atoms with van der Waals surface area (Å²) >= 11 is 0. The van der Waals surface area contributed by atoms with Crippen molar-refractivity contribution in [3.63, 3.8) is 0 Å². The predicted molar refractivity (Wildman–Crippen MR) is 137 cm³/mol. The summed E-state index contributed by atoms with van der Waals surface area (Å²) < 4.78 is 45.6. The number of anilines is 2. The fourth-order valence-corrected chi connectivity index (χ4v) is 4.41. The van der Waals surface area contributed by atoms with Crippen LogP contribution in [0.25, 0.3) is 10.8 Å². The van der Waals surface area contributed by atoms with Crippen molar-refractivity contribution in [3.05, 3.63) is 95.8 Å². The highest BCUT2D eigenvalue weighted by molar-refractivity contribution is 6.12. The minimum absolute atomic E-state index is 0.0503. The number of hydrogen-bond donors (Lipinski definition) is 2. The third-order valence-electron chi connectivity index (χ3n) is 6.24. The summed E-state index contributed by atoms with van der Waals surface area (Å²) in [7, 11) is 0. The number of nitrogens with one attached hydrogen (secondary N) is 2.